The molecule has 27 heavy (non-hydrogen) atoms. The van der Waals surface area contributed by atoms with Crippen LogP contribution in [0.25, 0.3) is 0 Å². The Kier molecular flexibility index (Phi) is 7.34. The van der Waals surface area contributed by atoms with Crippen molar-refractivity contribution < 1.29 is 17.9 Å². The molecular formula is C19H21F3IN3O. The van der Waals surface area contributed by atoms with Crippen molar-refractivity contribution in [3.05, 3.63) is 59.2 Å². The summed E-state index contributed by atoms with van der Waals surface area (Å²) in [5.41, 5.74) is 10.2. The number of ether oxygens (including phenoxy) is 1. The number of nitrogens with one attached hydrogen (secondary N) is 1. The second-order valence-electron chi connectivity index (χ2n) is 6.21. The first-order valence-corrected chi connectivity index (χ1v) is 8.36. The third kappa shape index (κ3) is 6.60. The lowest BCUT2D eigenvalue weighted by molar-refractivity contribution is -0.153. The molecular weight excluding hydrogens is 470 g/mol. The minimum atomic E-state index is -4.36. The third-order valence-electron chi connectivity index (χ3n) is 4.10. The van der Waals surface area contributed by atoms with Gasteiger partial charge < -0.3 is 15.8 Å². The Bertz CT molecular complexity index is 809. The number of nitrogens with two attached hydrogens (primary N) is 1. The number of halogens is 4. The Morgan fingerprint density at radius 3 is 2.67 bits per heavy atom. The molecule has 2 aromatic rings. The molecule has 0 radical (unpaired) electrons. The molecule has 0 atom stereocenters. The zero-order chi connectivity index (χ0) is 18.6. The van der Waals surface area contributed by atoms with E-state index in [1.165, 1.54) is 29.7 Å². The highest BCUT2D eigenvalue weighted by atomic mass is 127. The average Bonchev–Trinajstić information content (AvgIpc) is 3.06. The minimum absolute atomic E-state index is 0. The van der Waals surface area contributed by atoms with Crippen LogP contribution in [0.15, 0.2) is 47.5 Å². The summed E-state index contributed by atoms with van der Waals surface area (Å²) in [4.78, 5) is 4.24. The van der Waals surface area contributed by atoms with Gasteiger partial charge in [0.25, 0.3) is 0 Å². The predicted octanol–water partition coefficient (Wildman–Crippen LogP) is 4.66. The van der Waals surface area contributed by atoms with E-state index in [1.807, 2.05) is 6.07 Å². The fourth-order valence-corrected chi connectivity index (χ4v) is 2.91. The Labute approximate surface area is 173 Å². The molecule has 0 unspecified atom stereocenters. The van der Waals surface area contributed by atoms with E-state index in [-0.39, 0.29) is 42.2 Å². The average molecular weight is 491 g/mol. The van der Waals surface area contributed by atoms with Crippen molar-refractivity contribution >= 4 is 35.6 Å². The molecule has 8 heteroatoms. The van der Waals surface area contributed by atoms with E-state index >= 15 is 0 Å². The standard InChI is InChI=1S/C19H20F3N3O.HI/c20-19(21,22)12-26-17-6-1-3-13(9-17)11-24-18(23)25-16-8-7-14-4-2-5-15(14)10-16;/h1,3,6-10H,2,4-5,11-12H2,(H3,23,24,25);1H. The van der Waals surface area contributed by atoms with Gasteiger partial charge in [0.1, 0.15) is 5.75 Å². The lowest BCUT2D eigenvalue weighted by Crippen LogP contribution is -2.22. The number of hydrogen-bond donors (Lipinski definition) is 2. The molecule has 0 fully saturated rings. The first-order valence-electron chi connectivity index (χ1n) is 8.36. The van der Waals surface area contributed by atoms with Gasteiger partial charge in [-0.25, -0.2) is 4.99 Å². The Balaban J connectivity index is 0.00000261. The van der Waals surface area contributed by atoms with Crippen LogP contribution in [0.4, 0.5) is 18.9 Å². The fourth-order valence-electron chi connectivity index (χ4n) is 2.91. The van der Waals surface area contributed by atoms with Gasteiger partial charge in [0.2, 0.25) is 0 Å². The molecule has 1 aliphatic rings. The van der Waals surface area contributed by atoms with Crippen molar-refractivity contribution in [3.8, 4) is 5.75 Å². The number of hydrogen-bond acceptors (Lipinski definition) is 2. The summed E-state index contributed by atoms with van der Waals surface area (Å²) in [6, 6.07) is 12.5. The molecule has 0 heterocycles. The molecule has 0 bridgehead atoms. The second kappa shape index (κ2) is 9.29. The van der Waals surface area contributed by atoms with Crippen molar-refractivity contribution in [2.75, 3.05) is 11.9 Å². The Hall–Kier alpha value is -1.97. The topological polar surface area (TPSA) is 59.6 Å². The van der Waals surface area contributed by atoms with Crippen molar-refractivity contribution in [1.82, 2.24) is 0 Å². The van der Waals surface area contributed by atoms with Crippen LogP contribution in [0.5, 0.6) is 5.75 Å². The quantitative estimate of drug-likeness (QED) is 0.364. The molecule has 3 N–H and O–H groups in total. The molecule has 0 aromatic heterocycles. The summed E-state index contributed by atoms with van der Waals surface area (Å²) >= 11 is 0. The van der Waals surface area contributed by atoms with Gasteiger partial charge >= 0.3 is 6.18 Å². The van der Waals surface area contributed by atoms with E-state index in [9.17, 15) is 13.2 Å². The first kappa shape index (κ1) is 21.3. The molecule has 1 aliphatic carbocycles. The molecule has 2 aromatic carbocycles. The number of rotatable bonds is 5. The van der Waals surface area contributed by atoms with E-state index in [0.717, 1.165) is 18.5 Å². The maximum atomic E-state index is 12.2. The van der Waals surface area contributed by atoms with Gasteiger partial charge in [-0.2, -0.15) is 13.2 Å². The van der Waals surface area contributed by atoms with Gasteiger partial charge in [0.05, 0.1) is 6.54 Å². The number of aryl methyl sites for hydroxylation is 2. The highest BCUT2D eigenvalue weighted by molar-refractivity contribution is 14.0. The minimum Gasteiger partial charge on any atom is -0.484 e. The van der Waals surface area contributed by atoms with Crippen LogP contribution in [-0.4, -0.2) is 18.7 Å². The molecule has 0 saturated heterocycles. The van der Waals surface area contributed by atoms with Crippen LogP contribution in [-0.2, 0) is 19.4 Å². The van der Waals surface area contributed by atoms with Crippen LogP contribution >= 0.6 is 24.0 Å². The van der Waals surface area contributed by atoms with Crippen molar-refractivity contribution in [1.29, 1.82) is 0 Å². The highest BCUT2D eigenvalue weighted by Gasteiger charge is 2.28. The van der Waals surface area contributed by atoms with Crippen LogP contribution in [0.1, 0.15) is 23.1 Å². The SMILES string of the molecule is I.NC(=NCc1cccc(OCC(F)(F)F)c1)Nc1ccc2c(c1)CCC2. The summed E-state index contributed by atoms with van der Waals surface area (Å²) in [6.07, 6.45) is -0.994. The lowest BCUT2D eigenvalue weighted by Gasteiger charge is -2.10. The number of anilines is 1. The fraction of sp³-hybridized carbons (Fsp3) is 0.316. The summed E-state index contributed by atoms with van der Waals surface area (Å²) in [6.45, 7) is -1.07. The number of guanidine groups is 1. The number of benzene rings is 2. The van der Waals surface area contributed by atoms with E-state index in [1.54, 1.807) is 12.1 Å². The number of fused-ring (bicyclic) bond motifs is 1. The smallest absolute Gasteiger partial charge is 0.422 e. The molecule has 0 saturated carbocycles. The van der Waals surface area contributed by atoms with Crippen LogP contribution in [0, 0.1) is 0 Å². The predicted molar refractivity (Wildman–Crippen MR) is 111 cm³/mol. The molecule has 146 valence electrons. The van der Waals surface area contributed by atoms with E-state index < -0.39 is 12.8 Å². The van der Waals surface area contributed by atoms with E-state index in [2.05, 4.69) is 22.4 Å². The van der Waals surface area contributed by atoms with Crippen LogP contribution < -0.4 is 15.8 Å². The maximum Gasteiger partial charge on any atom is 0.422 e. The van der Waals surface area contributed by atoms with Gasteiger partial charge in [-0.15, -0.1) is 24.0 Å². The van der Waals surface area contributed by atoms with Gasteiger partial charge in [-0.3, -0.25) is 0 Å². The van der Waals surface area contributed by atoms with Gasteiger partial charge in [-0.1, -0.05) is 18.2 Å². The largest absolute Gasteiger partial charge is 0.484 e. The van der Waals surface area contributed by atoms with Crippen LogP contribution in [0.3, 0.4) is 0 Å². The first-order chi connectivity index (χ1) is 12.4. The Morgan fingerprint density at radius 1 is 1.11 bits per heavy atom. The van der Waals surface area contributed by atoms with Gasteiger partial charge in [0, 0.05) is 5.69 Å². The van der Waals surface area contributed by atoms with Crippen molar-refractivity contribution in [2.45, 2.75) is 32.0 Å². The number of nitrogens with zero attached hydrogens (tertiary/aromatic N) is 1. The zero-order valence-electron chi connectivity index (χ0n) is 14.6. The van der Waals surface area contributed by atoms with Gasteiger partial charge in [0.15, 0.2) is 12.6 Å². The normalized spacial score (nSPS) is 13.7. The lowest BCUT2D eigenvalue weighted by atomic mass is 10.1. The molecule has 3 rings (SSSR count). The van der Waals surface area contributed by atoms with Crippen molar-refractivity contribution in [3.63, 3.8) is 0 Å². The molecule has 4 nitrogen and oxygen atoms in total. The third-order valence-corrected chi connectivity index (χ3v) is 4.10. The number of aliphatic imine (C=N–C) groups is 1. The van der Waals surface area contributed by atoms with E-state index in [4.69, 9.17) is 10.5 Å². The van der Waals surface area contributed by atoms with Crippen LogP contribution in [0.2, 0.25) is 0 Å². The maximum absolute atomic E-state index is 12.2. The summed E-state index contributed by atoms with van der Waals surface area (Å²) in [5.74, 6) is 0.407. The summed E-state index contributed by atoms with van der Waals surface area (Å²) < 4.78 is 41.4. The molecule has 0 aliphatic heterocycles. The Morgan fingerprint density at radius 2 is 1.89 bits per heavy atom. The monoisotopic (exact) mass is 491 g/mol. The van der Waals surface area contributed by atoms with E-state index in [0.29, 0.717) is 5.56 Å². The molecule has 0 amide bonds. The summed E-state index contributed by atoms with van der Waals surface area (Å²) in [7, 11) is 0. The second-order valence-corrected chi connectivity index (χ2v) is 6.21. The van der Waals surface area contributed by atoms with Gasteiger partial charge in [-0.05, 0) is 60.2 Å². The van der Waals surface area contributed by atoms with Crippen molar-refractivity contribution in [2.24, 2.45) is 10.7 Å². The number of alkyl halides is 3. The zero-order valence-corrected chi connectivity index (χ0v) is 16.9. The highest BCUT2D eigenvalue weighted by Crippen LogP contribution is 2.25. The summed E-state index contributed by atoms with van der Waals surface area (Å²) in [5, 5.41) is 3.05. The molecule has 0 spiro atoms.